The van der Waals surface area contributed by atoms with E-state index in [2.05, 4.69) is 54.1 Å². The van der Waals surface area contributed by atoms with Crippen molar-refractivity contribution in [1.29, 1.82) is 0 Å². The molecule has 0 spiro atoms. The van der Waals surface area contributed by atoms with Crippen LogP contribution in [0, 0.1) is 11.8 Å². The van der Waals surface area contributed by atoms with Gasteiger partial charge in [-0.1, -0.05) is 18.8 Å². The predicted molar refractivity (Wildman–Crippen MR) is 87.0 cm³/mol. The van der Waals surface area contributed by atoms with Gasteiger partial charge < -0.3 is 10.0 Å². The molecule has 0 saturated carbocycles. The summed E-state index contributed by atoms with van der Waals surface area (Å²) in [5.74, 6) is 6.06. The Labute approximate surface area is 127 Å². The third kappa shape index (κ3) is 7.06. The van der Waals surface area contributed by atoms with Crippen LogP contribution in [0.15, 0.2) is 11.4 Å². The lowest BCUT2D eigenvalue weighted by Crippen LogP contribution is -2.26. The first-order valence-electron chi connectivity index (χ1n) is 7.20. The molecular formula is C16H26N2OS. The molecular weight excluding hydrogens is 268 g/mol. The zero-order valence-corrected chi connectivity index (χ0v) is 13.7. The summed E-state index contributed by atoms with van der Waals surface area (Å²) < 4.78 is 0. The minimum absolute atomic E-state index is 0.138. The second kappa shape index (κ2) is 9.95. The van der Waals surface area contributed by atoms with Gasteiger partial charge in [0, 0.05) is 28.8 Å². The van der Waals surface area contributed by atoms with Gasteiger partial charge in [0.25, 0.3) is 0 Å². The molecule has 1 aromatic rings. The van der Waals surface area contributed by atoms with Crippen molar-refractivity contribution in [1.82, 2.24) is 9.80 Å². The van der Waals surface area contributed by atoms with Gasteiger partial charge in [0.05, 0.1) is 6.61 Å². The Morgan fingerprint density at radius 2 is 2.10 bits per heavy atom. The molecule has 0 unspecified atom stereocenters. The van der Waals surface area contributed by atoms with Gasteiger partial charge in [-0.05, 0) is 46.2 Å². The Balaban J connectivity index is 2.43. The van der Waals surface area contributed by atoms with Crippen LogP contribution in [0.5, 0.6) is 0 Å². The maximum Gasteiger partial charge on any atom is 0.0540 e. The quantitative estimate of drug-likeness (QED) is 0.745. The van der Waals surface area contributed by atoms with E-state index in [0.29, 0.717) is 6.42 Å². The van der Waals surface area contributed by atoms with Gasteiger partial charge in [-0.3, -0.25) is 4.90 Å². The van der Waals surface area contributed by atoms with Crippen molar-refractivity contribution < 1.29 is 5.11 Å². The third-order valence-electron chi connectivity index (χ3n) is 3.03. The minimum atomic E-state index is 0.138. The Morgan fingerprint density at radius 1 is 1.30 bits per heavy atom. The van der Waals surface area contributed by atoms with Gasteiger partial charge in [-0.25, -0.2) is 0 Å². The Bertz CT molecular complexity index is 431. The van der Waals surface area contributed by atoms with E-state index < -0.39 is 0 Å². The summed E-state index contributed by atoms with van der Waals surface area (Å²) in [6.45, 7) is 6.72. The fourth-order valence-electron chi connectivity index (χ4n) is 1.93. The van der Waals surface area contributed by atoms with E-state index in [1.165, 1.54) is 11.3 Å². The molecule has 0 aliphatic heterocycles. The van der Waals surface area contributed by atoms with E-state index in [1.807, 2.05) is 0 Å². The first-order valence-corrected chi connectivity index (χ1v) is 8.08. The van der Waals surface area contributed by atoms with E-state index in [-0.39, 0.29) is 6.61 Å². The molecule has 0 aliphatic carbocycles. The summed E-state index contributed by atoms with van der Waals surface area (Å²) in [5.41, 5.74) is 1.07. The van der Waals surface area contributed by atoms with Crippen LogP contribution in [-0.4, -0.2) is 55.2 Å². The highest BCUT2D eigenvalue weighted by atomic mass is 32.1. The Hall–Kier alpha value is -0.860. The average molecular weight is 294 g/mol. The van der Waals surface area contributed by atoms with Gasteiger partial charge in [-0.2, -0.15) is 0 Å². The van der Waals surface area contributed by atoms with Crippen molar-refractivity contribution in [2.24, 2.45) is 0 Å². The number of aliphatic hydroxyl groups is 1. The van der Waals surface area contributed by atoms with E-state index in [9.17, 15) is 0 Å². The first-order chi connectivity index (χ1) is 9.65. The normalized spacial score (nSPS) is 10.9. The molecule has 0 bridgehead atoms. The predicted octanol–water partition coefficient (Wildman–Crippen LogP) is 2.26. The van der Waals surface area contributed by atoms with Gasteiger partial charge in [0.2, 0.25) is 0 Å². The number of hydrogen-bond acceptors (Lipinski definition) is 4. The molecule has 0 aromatic carbocycles. The highest BCUT2D eigenvalue weighted by Crippen LogP contribution is 2.16. The highest BCUT2D eigenvalue weighted by Gasteiger charge is 2.06. The monoisotopic (exact) mass is 294 g/mol. The van der Waals surface area contributed by atoms with Gasteiger partial charge in [0.1, 0.15) is 0 Å². The van der Waals surface area contributed by atoms with Crippen molar-refractivity contribution in [3.63, 3.8) is 0 Å². The molecule has 0 amide bonds. The minimum Gasteiger partial charge on any atom is -0.395 e. The highest BCUT2D eigenvalue weighted by molar-refractivity contribution is 7.10. The Kier molecular flexibility index (Phi) is 8.56. The van der Waals surface area contributed by atoms with E-state index in [4.69, 9.17) is 5.11 Å². The molecule has 0 radical (unpaired) electrons. The smallest absolute Gasteiger partial charge is 0.0540 e. The topological polar surface area (TPSA) is 26.7 Å². The van der Waals surface area contributed by atoms with Crippen LogP contribution < -0.4 is 0 Å². The van der Waals surface area contributed by atoms with Crippen LogP contribution in [0.2, 0.25) is 0 Å². The molecule has 1 rings (SSSR count). The number of hydrogen-bond donors (Lipinski definition) is 1. The van der Waals surface area contributed by atoms with Crippen LogP contribution in [0.4, 0.5) is 0 Å². The van der Waals surface area contributed by atoms with Crippen molar-refractivity contribution in [2.75, 3.05) is 40.3 Å². The van der Waals surface area contributed by atoms with E-state index >= 15 is 0 Å². The maximum atomic E-state index is 8.71. The summed E-state index contributed by atoms with van der Waals surface area (Å²) in [5, 5.41) is 10.8. The molecule has 0 saturated heterocycles. The number of nitrogens with zero attached hydrogens (tertiary/aromatic N) is 2. The molecule has 0 aliphatic rings. The summed E-state index contributed by atoms with van der Waals surface area (Å²) in [7, 11) is 4.24. The molecule has 3 nitrogen and oxygen atoms in total. The van der Waals surface area contributed by atoms with Crippen molar-refractivity contribution in [3.05, 3.63) is 21.9 Å². The van der Waals surface area contributed by atoms with Crippen LogP contribution in [0.25, 0.3) is 0 Å². The number of thiophene rings is 1. The lowest BCUT2D eigenvalue weighted by Gasteiger charge is -2.20. The van der Waals surface area contributed by atoms with Crippen molar-refractivity contribution in [2.45, 2.75) is 26.3 Å². The van der Waals surface area contributed by atoms with E-state index in [0.717, 1.165) is 31.7 Å². The molecule has 1 aromatic heterocycles. The molecule has 1 N–H and O–H groups in total. The van der Waals surface area contributed by atoms with Crippen LogP contribution in [0.3, 0.4) is 0 Å². The summed E-state index contributed by atoms with van der Waals surface area (Å²) in [6.07, 6.45) is 1.76. The van der Waals surface area contributed by atoms with Crippen LogP contribution in [-0.2, 0) is 6.54 Å². The summed E-state index contributed by atoms with van der Waals surface area (Å²) in [4.78, 5) is 6.07. The molecule has 112 valence electrons. The zero-order chi connectivity index (χ0) is 14.8. The third-order valence-corrected chi connectivity index (χ3v) is 3.95. The lowest BCUT2D eigenvalue weighted by molar-refractivity contribution is 0.261. The summed E-state index contributed by atoms with van der Waals surface area (Å²) >= 11 is 1.77. The first kappa shape index (κ1) is 17.2. The fourth-order valence-corrected chi connectivity index (χ4v) is 2.79. The van der Waals surface area contributed by atoms with E-state index in [1.54, 1.807) is 11.3 Å². The average Bonchev–Trinajstić information content (AvgIpc) is 2.85. The molecule has 0 fully saturated rings. The van der Waals surface area contributed by atoms with Crippen LogP contribution >= 0.6 is 11.3 Å². The second-order valence-corrected chi connectivity index (χ2v) is 6.10. The standard InChI is InChI=1S/C16H26N2OS/c1-4-18(10-7-9-17(2)3)13-16-12-15(14-20-16)8-5-6-11-19/h12,14,19H,4,6-7,9-11,13H2,1-3H3. The Morgan fingerprint density at radius 3 is 2.75 bits per heavy atom. The number of aliphatic hydroxyl groups excluding tert-OH is 1. The molecule has 4 heteroatoms. The second-order valence-electron chi connectivity index (χ2n) is 5.10. The molecule has 20 heavy (non-hydrogen) atoms. The van der Waals surface area contributed by atoms with Gasteiger partial charge in [-0.15, -0.1) is 11.3 Å². The maximum absolute atomic E-state index is 8.71. The van der Waals surface area contributed by atoms with Crippen molar-refractivity contribution in [3.8, 4) is 11.8 Å². The number of rotatable bonds is 8. The van der Waals surface area contributed by atoms with Crippen LogP contribution in [0.1, 0.15) is 30.2 Å². The molecule has 0 atom stereocenters. The zero-order valence-electron chi connectivity index (χ0n) is 12.9. The van der Waals surface area contributed by atoms with Gasteiger partial charge >= 0.3 is 0 Å². The summed E-state index contributed by atoms with van der Waals surface area (Å²) in [6, 6.07) is 2.17. The largest absolute Gasteiger partial charge is 0.395 e. The van der Waals surface area contributed by atoms with Gasteiger partial charge in [0.15, 0.2) is 0 Å². The fraction of sp³-hybridized carbons (Fsp3) is 0.625. The van der Waals surface area contributed by atoms with Crippen molar-refractivity contribution >= 4 is 11.3 Å². The molecule has 1 heterocycles. The SMILES string of the molecule is CCN(CCCN(C)C)Cc1cc(C#CCCO)cs1. The lowest BCUT2D eigenvalue weighted by atomic mass is 10.3.